The molecule has 0 aliphatic heterocycles. The molecule has 21 heavy (non-hydrogen) atoms. The van der Waals surface area contributed by atoms with Gasteiger partial charge in [-0.1, -0.05) is 19.1 Å². The van der Waals surface area contributed by atoms with Crippen molar-refractivity contribution >= 4 is 0 Å². The van der Waals surface area contributed by atoms with Crippen LogP contribution in [0.25, 0.3) is 0 Å². The van der Waals surface area contributed by atoms with Gasteiger partial charge in [-0.3, -0.25) is 0 Å². The number of hydrogen-bond donors (Lipinski definition) is 3. The average Bonchev–Trinajstić information content (AvgIpc) is 2.74. The molecule has 4 rings (SSSR count). The topological polar surface area (TPSA) is 60.7 Å². The van der Waals surface area contributed by atoms with Gasteiger partial charge in [-0.15, -0.1) is 0 Å². The summed E-state index contributed by atoms with van der Waals surface area (Å²) < 4.78 is 0. The zero-order valence-electron chi connectivity index (χ0n) is 12.4. The van der Waals surface area contributed by atoms with Crippen LogP contribution in [-0.4, -0.2) is 27.5 Å². The quantitative estimate of drug-likeness (QED) is 0.642. The maximum atomic E-state index is 10.8. The fourth-order valence-electron chi connectivity index (χ4n) is 5.65. The van der Waals surface area contributed by atoms with Crippen molar-refractivity contribution in [3.05, 3.63) is 35.6 Å². The Hall–Kier alpha value is -1.06. The minimum Gasteiger partial charge on any atom is -0.508 e. The molecule has 4 aliphatic rings. The summed E-state index contributed by atoms with van der Waals surface area (Å²) in [6.07, 6.45) is 10.8. The van der Waals surface area contributed by atoms with Crippen LogP contribution in [0.15, 0.2) is 35.6 Å². The van der Waals surface area contributed by atoms with Gasteiger partial charge in [-0.25, -0.2) is 0 Å². The molecule has 0 heterocycles. The molecule has 0 spiro atoms. The van der Waals surface area contributed by atoms with Gasteiger partial charge in [0, 0.05) is 5.92 Å². The second-order valence-corrected chi connectivity index (χ2v) is 7.61. The maximum absolute atomic E-state index is 10.8. The lowest BCUT2D eigenvalue weighted by molar-refractivity contribution is -0.106. The van der Waals surface area contributed by atoms with Crippen molar-refractivity contribution in [2.45, 2.75) is 44.8 Å². The molecule has 0 amide bonds. The highest BCUT2D eigenvalue weighted by atomic mass is 16.3. The Balaban J connectivity index is 1.72. The molecule has 0 radical (unpaired) electrons. The molecule has 7 atom stereocenters. The van der Waals surface area contributed by atoms with Gasteiger partial charge in [0.15, 0.2) is 0 Å². The number of rotatable bonds is 0. The number of aliphatic hydroxyl groups excluding tert-OH is 3. The van der Waals surface area contributed by atoms with Crippen LogP contribution in [-0.2, 0) is 0 Å². The second kappa shape index (κ2) is 4.47. The first-order chi connectivity index (χ1) is 10.0. The van der Waals surface area contributed by atoms with E-state index in [1.165, 1.54) is 0 Å². The SMILES string of the molecule is C[C@]12C[C@H](O)[C@H]3[C@@H](CC=C4C=C(O)C=C[C@@H]43)[C@@H]1CC[C@@H]2O. The first kappa shape index (κ1) is 13.6. The number of allylic oxidation sites excluding steroid dienone is 5. The van der Waals surface area contributed by atoms with Crippen LogP contribution in [0.4, 0.5) is 0 Å². The summed E-state index contributed by atoms with van der Waals surface area (Å²) in [5.41, 5.74) is 1.03. The number of hydrogen-bond acceptors (Lipinski definition) is 3. The minimum absolute atomic E-state index is 0.123. The maximum Gasteiger partial charge on any atom is 0.115 e. The van der Waals surface area contributed by atoms with Crippen LogP contribution in [0.5, 0.6) is 0 Å². The van der Waals surface area contributed by atoms with E-state index in [1.54, 1.807) is 6.08 Å². The lowest BCUT2D eigenvalue weighted by Crippen LogP contribution is -2.52. The summed E-state index contributed by atoms with van der Waals surface area (Å²) in [6.45, 7) is 2.16. The lowest BCUT2D eigenvalue weighted by atomic mass is 9.53. The molecule has 0 aromatic rings. The predicted molar refractivity (Wildman–Crippen MR) is 80.5 cm³/mol. The second-order valence-electron chi connectivity index (χ2n) is 7.61. The first-order valence-electron chi connectivity index (χ1n) is 8.16. The molecule has 0 saturated heterocycles. The molecule has 4 aliphatic carbocycles. The van der Waals surface area contributed by atoms with E-state index < -0.39 is 0 Å². The van der Waals surface area contributed by atoms with E-state index in [-0.39, 0.29) is 29.5 Å². The standard InChI is InChI=1S/C18H24O3/c1-18-9-15(20)17-12-5-3-11(19)8-10(12)2-4-13(17)14(18)6-7-16(18)21/h2-3,5,8,12-17,19-21H,4,6-7,9H2,1H3/t12-,13-,14-,15-,16-,17+,18-/m0/s1. The Morgan fingerprint density at radius 1 is 1.24 bits per heavy atom. The number of aliphatic hydroxyl groups is 3. The molecule has 3 nitrogen and oxygen atoms in total. The molecule has 0 unspecified atom stereocenters. The largest absolute Gasteiger partial charge is 0.508 e. The normalized spacial score (nSPS) is 51.6. The highest BCUT2D eigenvalue weighted by Gasteiger charge is 2.58. The van der Waals surface area contributed by atoms with Crippen molar-refractivity contribution in [1.82, 2.24) is 0 Å². The van der Waals surface area contributed by atoms with Crippen LogP contribution in [0.2, 0.25) is 0 Å². The highest BCUT2D eigenvalue weighted by molar-refractivity contribution is 5.39. The average molecular weight is 288 g/mol. The van der Waals surface area contributed by atoms with Crippen LogP contribution < -0.4 is 0 Å². The van der Waals surface area contributed by atoms with E-state index in [1.807, 2.05) is 6.08 Å². The zero-order valence-corrected chi connectivity index (χ0v) is 12.4. The smallest absolute Gasteiger partial charge is 0.115 e. The number of fused-ring (bicyclic) bond motifs is 5. The highest BCUT2D eigenvalue weighted by Crippen LogP contribution is 2.60. The van der Waals surface area contributed by atoms with Gasteiger partial charge in [-0.2, -0.15) is 0 Å². The van der Waals surface area contributed by atoms with E-state index in [0.29, 0.717) is 24.0 Å². The Labute approximate surface area is 125 Å². The summed E-state index contributed by atoms with van der Waals surface area (Å²) in [5, 5.41) is 30.8. The fraction of sp³-hybridized carbons (Fsp3) is 0.667. The summed E-state index contributed by atoms with van der Waals surface area (Å²) in [7, 11) is 0. The summed E-state index contributed by atoms with van der Waals surface area (Å²) in [6, 6.07) is 0. The van der Waals surface area contributed by atoms with Gasteiger partial charge in [0.1, 0.15) is 5.76 Å². The molecular weight excluding hydrogens is 264 g/mol. The van der Waals surface area contributed by atoms with Gasteiger partial charge in [0.2, 0.25) is 0 Å². The van der Waals surface area contributed by atoms with Crippen LogP contribution >= 0.6 is 0 Å². The molecule has 0 bridgehead atoms. The van der Waals surface area contributed by atoms with E-state index in [9.17, 15) is 15.3 Å². The fourth-order valence-corrected chi connectivity index (χ4v) is 5.65. The Morgan fingerprint density at radius 3 is 2.86 bits per heavy atom. The summed E-state index contributed by atoms with van der Waals surface area (Å²) in [4.78, 5) is 0. The van der Waals surface area contributed by atoms with Crippen molar-refractivity contribution in [3.8, 4) is 0 Å². The summed E-state index contributed by atoms with van der Waals surface area (Å²) >= 11 is 0. The van der Waals surface area contributed by atoms with Crippen molar-refractivity contribution in [3.63, 3.8) is 0 Å². The first-order valence-corrected chi connectivity index (χ1v) is 8.16. The van der Waals surface area contributed by atoms with E-state index in [4.69, 9.17) is 0 Å². The molecule has 3 heteroatoms. The van der Waals surface area contributed by atoms with Gasteiger partial charge >= 0.3 is 0 Å². The lowest BCUT2D eigenvalue weighted by Gasteiger charge is -2.53. The van der Waals surface area contributed by atoms with Crippen molar-refractivity contribution in [2.24, 2.45) is 29.1 Å². The van der Waals surface area contributed by atoms with Crippen LogP contribution in [0.1, 0.15) is 32.6 Å². The van der Waals surface area contributed by atoms with Gasteiger partial charge < -0.3 is 15.3 Å². The van der Waals surface area contributed by atoms with Crippen LogP contribution in [0.3, 0.4) is 0 Å². The Morgan fingerprint density at radius 2 is 2.05 bits per heavy atom. The minimum atomic E-state index is -0.365. The molecule has 114 valence electrons. The van der Waals surface area contributed by atoms with Crippen molar-refractivity contribution in [1.29, 1.82) is 0 Å². The van der Waals surface area contributed by atoms with E-state index in [0.717, 1.165) is 24.8 Å². The molecule has 0 aromatic heterocycles. The van der Waals surface area contributed by atoms with Gasteiger partial charge in [-0.05, 0) is 66.6 Å². The van der Waals surface area contributed by atoms with E-state index in [2.05, 4.69) is 19.1 Å². The predicted octanol–water partition coefficient (Wildman–Crippen LogP) is 2.72. The van der Waals surface area contributed by atoms with Gasteiger partial charge in [0.05, 0.1) is 12.2 Å². The zero-order chi connectivity index (χ0) is 14.8. The molecular formula is C18H24O3. The molecule has 2 fully saturated rings. The third-order valence-electron chi connectivity index (χ3n) is 6.68. The summed E-state index contributed by atoms with van der Waals surface area (Å²) in [5.74, 6) is 1.71. The molecule has 2 saturated carbocycles. The van der Waals surface area contributed by atoms with Crippen molar-refractivity contribution in [2.75, 3.05) is 0 Å². The third kappa shape index (κ3) is 1.80. The van der Waals surface area contributed by atoms with Crippen molar-refractivity contribution < 1.29 is 15.3 Å². The third-order valence-corrected chi connectivity index (χ3v) is 6.68. The molecule has 3 N–H and O–H groups in total. The van der Waals surface area contributed by atoms with Crippen LogP contribution in [0, 0.1) is 29.1 Å². The Kier molecular flexibility index (Phi) is 2.89. The monoisotopic (exact) mass is 288 g/mol. The molecule has 0 aromatic carbocycles. The van der Waals surface area contributed by atoms with E-state index >= 15 is 0 Å². The Bertz CT molecular complexity index is 547. The van der Waals surface area contributed by atoms with Gasteiger partial charge in [0.25, 0.3) is 0 Å².